The number of nitriles is 1. The number of fused-ring (bicyclic) bond motifs is 1. The van der Waals surface area contributed by atoms with Crippen molar-refractivity contribution < 1.29 is 18.0 Å². The monoisotopic (exact) mass is 411 g/mol. The van der Waals surface area contributed by atoms with Crippen LogP contribution in [0.4, 0.5) is 5.69 Å². The first-order valence-corrected chi connectivity index (χ1v) is 10.7. The first-order chi connectivity index (χ1) is 13.8. The maximum Gasteiger partial charge on any atom is 0.252 e. The van der Waals surface area contributed by atoms with E-state index in [0.29, 0.717) is 18.8 Å². The number of carbonyl (C=O) groups is 2. The van der Waals surface area contributed by atoms with Gasteiger partial charge in [-0.2, -0.15) is 9.57 Å². The second kappa shape index (κ2) is 8.15. The second-order valence-electron chi connectivity index (χ2n) is 6.60. The molecule has 150 valence electrons. The molecule has 0 radical (unpaired) electrons. The summed E-state index contributed by atoms with van der Waals surface area (Å²) in [5.74, 6) is -2.76. The van der Waals surface area contributed by atoms with Crippen molar-refractivity contribution in [3.63, 3.8) is 0 Å². The molecule has 0 unspecified atom stereocenters. The van der Waals surface area contributed by atoms with Crippen molar-refractivity contribution in [3.8, 4) is 6.07 Å². The molecule has 1 heterocycles. The van der Waals surface area contributed by atoms with Crippen molar-refractivity contribution in [2.24, 2.45) is 5.92 Å². The van der Waals surface area contributed by atoms with E-state index in [1.807, 2.05) is 30.3 Å². The fourth-order valence-corrected chi connectivity index (χ4v) is 4.89. The van der Waals surface area contributed by atoms with Crippen molar-refractivity contribution in [1.82, 2.24) is 4.31 Å². The van der Waals surface area contributed by atoms with E-state index in [-0.39, 0.29) is 17.0 Å². The molecule has 1 aliphatic rings. The third-order valence-electron chi connectivity index (χ3n) is 4.96. The molecule has 0 N–H and O–H groups in total. The van der Waals surface area contributed by atoms with E-state index in [1.165, 1.54) is 27.4 Å². The number of ketones is 1. The molecule has 0 spiro atoms. The Morgan fingerprint density at radius 3 is 2.31 bits per heavy atom. The van der Waals surface area contributed by atoms with Gasteiger partial charge < -0.3 is 4.90 Å². The van der Waals surface area contributed by atoms with Crippen LogP contribution in [-0.2, 0) is 21.4 Å². The molecule has 0 saturated heterocycles. The van der Waals surface area contributed by atoms with E-state index >= 15 is 0 Å². The zero-order valence-electron chi connectivity index (χ0n) is 16.2. The Hall–Kier alpha value is -3.02. The van der Waals surface area contributed by atoms with Gasteiger partial charge >= 0.3 is 0 Å². The predicted octanol–water partition coefficient (Wildman–Crippen LogP) is 2.59. The van der Waals surface area contributed by atoms with Gasteiger partial charge in [0.1, 0.15) is 0 Å². The molecule has 8 heteroatoms. The molecule has 0 aromatic heterocycles. The minimum atomic E-state index is -3.78. The van der Waals surface area contributed by atoms with Gasteiger partial charge in [-0.1, -0.05) is 44.2 Å². The van der Waals surface area contributed by atoms with Crippen LogP contribution in [0.2, 0.25) is 0 Å². The molecule has 0 bridgehead atoms. The molecule has 0 saturated carbocycles. The summed E-state index contributed by atoms with van der Waals surface area (Å²) < 4.78 is 27.0. The Bertz CT molecular complexity index is 1090. The lowest BCUT2D eigenvalue weighted by Crippen LogP contribution is -2.44. The van der Waals surface area contributed by atoms with Crippen molar-refractivity contribution in [2.45, 2.75) is 25.3 Å². The topological polar surface area (TPSA) is 98.5 Å². The summed E-state index contributed by atoms with van der Waals surface area (Å²) in [6.07, 6.45) is 0. The van der Waals surface area contributed by atoms with Gasteiger partial charge in [-0.05, 0) is 23.8 Å². The van der Waals surface area contributed by atoms with Gasteiger partial charge in [0.25, 0.3) is 5.91 Å². The maximum atomic E-state index is 12.8. The van der Waals surface area contributed by atoms with Gasteiger partial charge in [-0.25, -0.2) is 8.42 Å². The van der Waals surface area contributed by atoms with Crippen LogP contribution in [0.5, 0.6) is 0 Å². The Balaban J connectivity index is 2.12. The van der Waals surface area contributed by atoms with Gasteiger partial charge in [-0.15, -0.1) is 0 Å². The zero-order valence-corrected chi connectivity index (χ0v) is 17.0. The smallest absolute Gasteiger partial charge is 0.252 e. The molecule has 29 heavy (non-hydrogen) atoms. The number of hydrogen-bond acceptors (Lipinski definition) is 5. The van der Waals surface area contributed by atoms with E-state index in [1.54, 1.807) is 19.9 Å². The zero-order chi connectivity index (χ0) is 21.2. The lowest BCUT2D eigenvalue weighted by atomic mass is 9.91. The lowest BCUT2D eigenvalue weighted by Gasteiger charge is -2.31. The standard InChI is InChI=1S/C21H21N3O4S/c1-3-23(4-2)29(27,28)16-10-11-19-17(12-16)20(25)18(13-22)21(26)24(19)14-15-8-6-5-7-9-15/h5-12,18H,3-4,14H2,1-2H3/t18-/m1/s1. The van der Waals surface area contributed by atoms with Crippen LogP contribution in [0.3, 0.4) is 0 Å². The van der Waals surface area contributed by atoms with Crippen molar-refractivity contribution in [2.75, 3.05) is 18.0 Å². The van der Waals surface area contributed by atoms with E-state index in [4.69, 9.17) is 0 Å². The minimum absolute atomic E-state index is 0.0287. The Labute approximate surface area is 170 Å². The van der Waals surface area contributed by atoms with Crippen molar-refractivity contribution in [1.29, 1.82) is 5.26 Å². The van der Waals surface area contributed by atoms with Crippen molar-refractivity contribution >= 4 is 27.4 Å². The molecule has 3 rings (SSSR count). The van der Waals surface area contributed by atoms with Gasteiger partial charge in [0.15, 0.2) is 11.7 Å². The average Bonchev–Trinajstić information content (AvgIpc) is 2.72. The normalized spacial score (nSPS) is 16.6. The SMILES string of the molecule is CCN(CC)S(=O)(=O)c1ccc2c(c1)C(=O)[C@@H](C#N)C(=O)N2Cc1ccccc1. The Kier molecular flexibility index (Phi) is 5.82. The van der Waals surface area contributed by atoms with Crippen LogP contribution >= 0.6 is 0 Å². The summed E-state index contributed by atoms with van der Waals surface area (Å²) in [5.41, 5.74) is 1.21. The van der Waals surface area contributed by atoms with Crippen LogP contribution in [0, 0.1) is 17.2 Å². The van der Waals surface area contributed by atoms with Gasteiger partial charge in [0.2, 0.25) is 10.0 Å². The molecular formula is C21H21N3O4S. The summed E-state index contributed by atoms with van der Waals surface area (Å²) in [4.78, 5) is 26.9. The molecule has 1 aliphatic heterocycles. The number of benzene rings is 2. The summed E-state index contributed by atoms with van der Waals surface area (Å²) in [6.45, 7) is 4.24. The summed E-state index contributed by atoms with van der Waals surface area (Å²) in [5, 5.41) is 9.39. The predicted molar refractivity (Wildman–Crippen MR) is 108 cm³/mol. The number of amides is 1. The Morgan fingerprint density at radius 2 is 1.72 bits per heavy atom. The largest absolute Gasteiger partial charge is 0.306 e. The van der Waals surface area contributed by atoms with E-state index in [2.05, 4.69) is 0 Å². The van der Waals surface area contributed by atoms with E-state index in [0.717, 1.165) is 5.56 Å². The molecule has 2 aromatic rings. The number of hydrogen-bond donors (Lipinski definition) is 0. The molecule has 1 atom stereocenters. The quantitative estimate of drug-likeness (QED) is 0.681. The number of nitrogens with zero attached hydrogens (tertiary/aromatic N) is 3. The second-order valence-corrected chi connectivity index (χ2v) is 8.54. The number of Topliss-reactive ketones (excluding diaryl/α,β-unsaturated/α-hetero) is 1. The van der Waals surface area contributed by atoms with Crippen LogP contribution < -0.4 is 4.90 Å². The number of rotatable bonds is 6. The Morgan fingerprint density at radius 1 is 1.07 bits per heavy atom. The third kappa shape index (κ3) is 3.67. The maximum absolute atomic E-state index is 12.8. The molecule has 0 aliphatic carbocycles. The average molecular weight is 411 g/mol. The molecule has 2 aromatic carbocycles. The molecule has 7 nitrogen and oxygen atoms in total. The highest BCUT2D eigenvalue weighted by Gasteiger charge is 2.40. The van der Waals surface area contributed by atoms with Crippen molar-refractivity contribution in [3.05, 3.63) is 59.7 Å². The third-order valence-corrected chi connectivity index (χ3v) is 7.00. The molecule has 0 fully saturated rings. The van der Waals surface area contributed by atoms with E-state index in [9.17, 15) is 23.3 Å². The summed E-state index contributed by atoms with van der Waals surface area (Å²) >= 11 is 0. The first-order valence-electron chi connectivity index (χ1n) is 9.28. The fourth-order valence-electron chi connectivity index (χ4n) is 3.41. The number of anilines is 1. The lowest BCUT2D eigenvalue weighted by molar-refractivity contribution is -0.120. The summed E-state index contributed by atoms with van der Waals surface area (Å²) in [7, 11) is -3.78. The van der Waals surface area contributed by atoms with E-state index < -0.39 is 27.6 Å². The van der Waals surface area contributed by atoms with Crippen LogP contribution in [0.25, 0.3) is 0 Å². The minimum Gasteiger partial charge on any atom is -0.306 e. The first kappa shape index (κ1) is 20.7. The fraction of sp³-hybridized carbons (Fsp3) is 0.286. The van der Waals surface area contributed by atoms with Gasteiger partial charge in [0, 0.05) is 18.7 Å². The highest BCUT2D eigenvalue weighted by atomic mass is 32.2. The summed E-state index contributed by atoms with van der Waals surface area (Å²) in [6, 6.07) is 15.1. The highest BCUT2D eigenvalue weighted by Crippen LogP contribution is 2.34. The number of carbonyl (C=O) groups excluding carboxylic acids is 2. The van der Waals surface area contributed by atoms with Gasteiger partial charge in [0.05, 0.1) is 23.2 Å². The number of sulfonamides is 1. The molecular weight excluding hydrogens is 390 g/mol. The van der Waals surface area contributed by atoms with Crippen LogP contribution in [-0.4, -0.2) is 37.5 Å². The van der Waals surface area contributed by atoms with Crippen LogP contribution in [0.15, 0.2) is 53.4 Å². The van der Waals surface area contributed by atoms with Gasteiger partial charge in [-0.3, -0.25) is 9.59 Å². The highest BCUT2D eigenvalue weighted by molar-refractivity contribution is 7.89. The van der Waals surface area contributed by atoms with Crippen LogP contribution in [0.1, 0.15) is 29.8 Å². The molecule has 1 amide bonds.